The molecule has 4 rings (SSSR count). The number of hydrogen-bond donors (Lipinski definition) is 1. The number of fused-ring (bicyclic) bond motifs is 1. The van der Waals surface area contributed by atoms with Crippen LogP contribution in [0.5, 0.6) is 5.75 Å². The van der Waals surface area contributed by atoms with E-state index in [1.807, 2.05) is 72.8 Å². The molecule has 0 atom stereocenters. The van der Waals surface area contributed by atoms with Gasteiger partial charge in [-0.25, -0.2) is 0 Å². The Labute approximate surface area is 181 Å². The molecule has 150 valence electrons. The Kier molecular flexibility index (Phi) is 6.68. The number of thioether (sulfide) groups is 1. The summed E-state index contributed by atoms with van der Waals surface area (Å²) in [4.78, 5) is 13.7. The van der Waals surface area contributed by atoms with Gasteiger partial charge in [-0.3, -0.25) is 4.79 Å². The van der Waals surface area contributed by atoms with Crippen molar-refractivity contribution in [3.05, 3.63) is 108 Å². The van der Waals surface area contributed by atoms with E-state index in [1.165, 1.54) is 5.56 Å². The smallest absolute Gasteiger partial charge is 0.252 e. The summed E-state index contributed by atoms with van der Waals surface area (Å²) < 4.78 is 5.92. The second-order valence-electron chi connectivity index (χ2n) is 6.85. The van der Waals surface area contributed by atoms with Gasteiger partial charge in [0.25, 0.3) is 5.91 Å². The molecule has 0 heterocycles. The maximum atomic E-state index is 12.7. The molecule has 0 bridgehead atoms. The highest BCUT2D eigenvalue weighted by molar-refractivity contribution is 7.98. The molecule has 4 aromatic rings. The van der Waals surface area contributed by atoms with Crippen LogP contribution in [0.25, 0.3) is 10.8 Å². The Morgan fingerprint density at radius 1 is 0.800 bits per heavy atom. The average Bonchev–Trinajstić information content (AvgIpc) is 2.81. The molecular weight excluding hydrogens is 390 g/mol. The minimum atomic E-state index is -0.0762. The molecule has 0 spiro atoms. The first-order valence-corrected chi connectivity index (χ1v) is 10.9. The molecule has 0 radical (unpaired) electrons. The molecule has 1 N–H and O–H groups in total. The third-order valence-corrected chi connectivity index (χ3v) is 5.91. The highest BCUT2D eigenvalue weighted by atomic mass is 32.2. The van der Waals surface area contributed by atoms with E-state index >= 15 is 0 Å². The molecule has 0 fully saturated rings. The van der Waals surface area contributed by atoms with Crippen molar-refractivity contribution in [1.29, 1.82) is 0 Å². The Balaban J connectivity index is 1.33. The number of carbonyl (C=O) groups excluding carboxylic acids is 1. The van der Waals surface area contributed by atoms with Crippen LogP contribution in [0.3, 0.4) is 0 Å². The highest BCUT2D eigenvalue weighted by Gasteiger charge is 2.11. The van der Waals surface area contributed by atoms with Gasteiger partial charge in [0.15, 0.2) is 0 Å². The number of benzene rings is 4. The van der Waals surface area contributed by atoms with Crippen molar-refractivity contribution in [2.45, 2.75) is 10.6 Å². The first kappa shape index (κ1) is 20.0. The average molecular weight is 414 g/mol. The van der Waals surface area contributed by atoms with Gasteiger partial charge in [-0.2, -0.15) is 0 Å². The van der Waals surface area contributed by atoms with E-state index in [0.717, 1.165) is 27.2 Å². The molecule has 1 amide bonds. The normalized spacial score (nSPS) is 10.7. The van der Waals surface area contributed by atoms with Crippen LogP contribution in [0.1, 0.15) is 15.9 Å². The van der Waals surface area contributed by atoms with Crippen molar-refractivity contribution in [2.24, 2.45) is 0 Å². The molecule has 4 heteroatoms. The molecule has 0 aliphatic rings. The Morgan fingerprint density at radius 2 is 1.53 bits per heavy atom. The highest BCUT2D eigenvalue weighted by Crippen LogP contribution is 2.27. The van der Waals surface area contributed by atoms with E-state index < -0.39 is 0 Å². The van der Waals surface area contributed by atoms with Crippen molar-refractivity contribution in [1.82, 2.24) is 5.32 Å². The summed E-state index contributed by atoms with van der Waals surface area (Å²) in [7, 11) is 0. The largest absolute Gasteiger partial charge is 0.491 e. The summed E-state index contributed by atoms with van der Waals surface area (Å²) in [6, 6.07) is 32.1. The fourth-order valence-electron chi connectivity index (χ4n) is 3.26. The second kappa shape index (κ2) is 9.99. The first-order chi connectivity index (χ1) is 14.8. The Hall–Kier alpha value is -3.24. The summed E-state index contributed by atoms with van der Waals surface area (Å²) >= 11 is 1.67. The lowest BCUT2D eigenvalue weighted by Crippen LogP contribution is -2.28. The van der Waals surface area contributed by atoms with Gasteiger partial charge in [0.2, 0.25) is 0 Å². The maximum Gasteiger partial charge on any atom is 0.252 e. The van der Waals surface area contributed by atoms with Gasteiger partial charge in [0.05, 0.1) is 12.1 Å². The monoisotopic (exact) mass is 413 g/mol. The van der Waals surface area contributed by atoms with Crippen LogP contribution < -0.4 is 10.1 Å². The number of rotatable bonds is 8. The summed E-state index contributed by atoms with van der Waals surface area (Å²) in [5.74, 6) is 1.59. The zero-order valence-electron chi connectivity index (χ0n) is 16.6. The lowest BCUT2D eigenvalue weighted by atomic mass is 10.1. The summed E-state index contributed by atoms with van der Waals surface area (Å²) in [6.07, 6.45) is 0. The molecule has 0 saturated carbocycles. The number of amides is 1. The SMILES string of the molecule is O=C(NCCOc1cccc2ccccc12)c1ccccc1SCc1ccccc1. The molecule has 0 aliphatic heterocycles. The fraction of sp³-hybridized carbons (Fsp3) is 0.115. The predicted octanol–water partition coefficient (Wildman–Crippen LogP) is 5.94. The molecule has 3 nitrogen and oxygen atoms in total. The number of hydrogen-bond acceptors (Lipinski definition) is 3. The van der Waals surface area contributed by atoms with Crippen LogP contribution in [0.4, 0.5) is 0 Å². The van der Waals surface area contributed by atoms with Crippen LogP contribution in [-0.2, 0) is 5.75 Å². The van der Waals surface area contributed by atoms with Gasteiger partial charge in [-0.05, 0) is 29.1 Å². The van der Waals surface area contributed by atoms with Gasteiger partial charge in [-0.15, -0.1) is 11.8 Å². The van der Waals surface area contributed by atoms with Gasteiger partial charge >= 0.3 is 0 Å². The minimum absolute atomic E-state index is 0.0762. The zero-order chi connectivity index (χ0) is 20.6. The fourth-order valence-corrected chi connectivity index (χ4v) is 4.26. The second-order valence-corrected chi connectivity index (χ2v) is 7.87. The summed E-state index contributed by atoms with van der Waals surface area (Å²) in [5.41, 5.74) is 1.93. The van der Waals surface area contributed by atoms with Gasteiger partial charge in [-0.1, -0.05) is 78.9 Å². The third-order valence-electron chi connectivity index (χ3n) is 4.76. The number of nitrogens with one attached hydrogen (secondary N) is 1. The zero-order valence-corrected chi connectivity index (χ0v) is 17.4. The van der Waals surface area contributed by atoms with Gasteiger partial charge in [0.1, 0.15) is 12.4 Å². The van der Waals surface area contributed by atoms with E-state index in [0.29, 0.717) is 18.7 Å². The van der Waals surface area contributed by atoms with Crippen LogP contribution >= 0.6 is 11.8 Å². The maximum absolute atomic E-state index is 12.7. The standard InChI is InChI=1S/C26H23NO2S/c28-26(23-14-6-7-16-25(23)30-19-20-9-2-1-3-10-20)27-17-18-29-24-15-8-12-21-11-4-5-13-22(21)24/h1-16H,17-19H2,(H,27,28). The topological polar surface area (TPSA) is 38.3 Å². The number of carbonyl (C=O) groups is 1. The molecular formula is C26H23NO2S. The Morgan fingerprint density at radius 3 is 2.43 bits per heavy atom. The molecule has 0 saturated heterocycles. The van der Waals surface area contributed by atoms with Gasteiger partial charge in [0, 0.05) is 16.0 Å². The van der Waals surface area contributed by atoms with Crippen LogP contribution in [0.15, 0.2) is 102 Å². The Bertz CT molecular complexity index is 1120. The van der Waals surface area contributed by atoms with Crippen molar-refractivity contribution in [2.75, 3.05) is 13.2 Å². The molecule has 0 unspecified atom stereocenters. The lowest BCUT2D eigenvalue weighted by Gasteiger charge is -2.12. The van der Waals surface area contributed by atoms with Crippen molar-refractivity contribution < 1.29 is 9.53 Å². The van der Waals surface area contributed by atoms with Crippen molar-refractivity contribution in [3.8, 4) is 5.75 Å². The molecule has 4 aromatic carbocycles. The predicted molar refractivity (Wildman–Crippen MR) is 124 cm³/mol. The van der Waals surface area contributed by atoms with E-state index in [-0.39, 0.29) is 5.91 Å². The van der Waals surface area contributed by atoms with E-state index in [2.05, 4.69) is 29.6 Å². The molecule has 30 heavy (non-hydrogen) atoms. The van der Waals surface area contributed by atoms with Crippen molar-refractivity contribution >= 4 is 28.4 Å². The van der Waals surface area contributed by atoms with Crippen LogP contribution in [0.2, 0.25) is 0 Å². The van der Waals surface area contributed by atoms with Crippen LogP contribution in [0, 0.1) is 0 Å². The first-order valence-electron chi connectivity index (χ1n) is 9.96. The summed E-state index contributed by atoms with van der Waals surface area (Å²) in [6.45, 7) is 0.860. The lowest BCUT2D eigenvalue weighted by molar-refractivity contribution is 0.0944. The van der Waals surface area contributed by atoms with Crippen molar-refractivity contribution in [3.63, 3.8) is 0 Å². The molecule has 0 aliphatic carbocycles. The molecule has 0 aromatic heterocycles. The van der Waals surface area contributed by atoms with Crippen LogP contribution in [-0.4, -0.2) is 19.1 Å². The number of ether oxygens (including phenoxy) is 1. The quantitative estimate of drug-likeness (QED) is 0.287. The minimum Gasteiger partial charge on any atom is -0.491 e. The third kappa shape index (κ3) is 5.02. The van der Waals surface area contributed by atoms with E-state index in [9.17, 15) is 4.79 Å². The van der Waals surface area contributed by atoms with Gasteiger partial charge < -0.3 is 10.1 Å². The summed E-state index contributed by atoms with van der Waals surface area (Å²) in [5, 5.41) is 5.20. The van der Waals surface area contributed by atoms with E-state index in [1.54, 1.807) is 11.8 Å². The van der Waals surface area contributed by atoms with E-state index in [4.69, 9.17) is 4.74 Å².